The van der Waals surface area contributed by atoms with E-state index < -0.39 is 5.79 Å². The molecule has 1 aliphatic rings. The minimum absolute atomic E-state index is 0.239. The predicted octanol–water partition coefficient (Wildman–Crippen LogP) is 1.79. The van der Waals surface area contributed by atoms with E-state index in [-0.39, 0.29) is 5.41 Å². The SMILES string of the molecule is COCCC(C)(C)CNC1COC(C)(C)OC1. The Kier molecular flexibility index (Phi) is 5.38. The summed E-state index contributed by atoms with van der Waals surface area (Å²) in [6.07, 6.45) is 1.05. The van der Waals surface area contributed by atoms with Gasteiger partial charge in [0.15, 0.2) is 5.79 Å². The van der Waals surface area contributed by atoms with E-state index in [4.69, 9.17) is 14.2 Å². The zero-order valence-corrected chi connectivity index (χ0v) is 11.8. The van der Waals surface area contributed by atoms with Crippen LogP contribution in [-0.4, -0.2) is 45.3 Å². The minimum Gasteiger partial charge on any atom is -0.385 e. The Hall–Kier alpha value is -0.160. The lowest BCUT2D eigenvalue weighted by Gasteiger charge is -2.36. The molecule has 0 atom stereocenters. The predicted molar refractivity (Wildman–Crippen MR) is 68.0 cm³/mol. The molecule has 0 bridgehead atoms. The number of hydrogen-bond acceptors (Lipinski definition) is 4. The third kappa shape index (κ3) is 5.82. The molecule has 1 aliphatic heterocycles. The summed E-state index contributed by atoms with van der Waals surface area (Å²) >= 11 is 0. The van der Waals surface area contributed by atoms with Gasteiger partial charge in [0.05, 0.1) is 19.3 Å². The maximum absolute atomic E-state index is 5.61. The number of rotatable bonds is 6. The van der Waals surface area contributed by atoms with Gasteiger partial charge in [-0.2, -0.15) is 0 Å². The van der Waals surface area contributed by atoms with Gasteiger partial charge in [0.2, 0.25) is 0 Å². The minimum atomic E-state index is -0.427. The fourth-order valence-corrected chi connectivity index (χ4v) is 1.70. The summed E-state index contributed by atoms with van der Waals surface area (Å²) in [5.41, 5.74) is 0.239. The molecule has 0 aromatic heterocycles. The number of methoxy groups -OCH3 is 1. The van der Waals surface area contributed by atoms with E-state index in [1.54, 1.807) is 7.11 Å². The second-order valence-electron chi connectivity index (χ2n) is 6.01. The zero-order chi connectivity index (χ0) is 12.9. The van der Waals surface area contributed by atoms with E-state index >= 15 is 0 Å². The van der Waals surface area contributed by atoms with Gasteiger partial charge in [-0.15, -0.1) is 0 Å². The van der Waals surface area contributed by atoms with Crippen LogP contribution < -0.4 is 5.32 Å². The highest BCUT2D eigenvalue weighted by Crippen LogP contribution is 2.21. The topological polar surface area (TPSA) is 39.7 Å². The van der Waals surface area contributed by atoms with E-state index in [1.165, 1.54) is 0 Å². The van der Waals surface area contributed by atoms with Crippen molar-refractivity contribution in [2.24, 2.45) is 5.41 Å². The van der Waals surface area contributed by atoms with E-state index in [9.17, 15) is 0 Å². The highest BCUT2D eigenvalue weighted by Gasteiger charge is 2.29. The summed E-state index contributed by atoms with van der Waals surface area (Å²) in [4.78, 5) is 0. The van der Waals surface area contributed by atoms with Crippen molar-refractivity contribution in [3.05, 3.63) is 0 Å². The van der Waals surface area contributed by atoms with Crippen molar-refractivity contribution in [1.82, 2.24) is 5.32 Å². The Morgan fingerprint density at radius 1 is 1.29 bits per heavy atom. The molecule has 4 heteroatoms. The first-order chi connectivity index (χ1) is 7.85. The summed E-state index contributed by atoms with van der Waals surface area (Å²) in [7, 11) is 1.74. The van der Waals surface area contributed by atoms with Gasteiger partial charge in [0, 0.05) is 20.3 Å². The zero-order valence-electron chi connectivity index (χ0n) is 11.8. The van der Waals surface area contributed by atoms with Crippen LogP contribution in [-0.2, 0) is 14.2 Å². The monoisotopic (exact) mass is 245 g/mol. The fourth-order valence-electron chi connectivity index (χ4n) is 1.70. The molecule has 1 heterocycles. The molecule has 0 aliphatic carbocycles. The van der Waals surface area contributed by atoms with Crippen molar-refractivity contribution in [2.75, 3.05) is 33.5 Å². The lowest BCUT2D eigenvalue weighted by atomic mass is 9.89. The van der Waals surface area contributed by atoms with Gasteiger partial charge in [-0.1, -0.05) is 13.8 Å². The Bertz CT molecular complexity index is 219. The molecule has 0 amide bonds. The van der Waals surface area contributed by atoms with Crippen LogP contribution in [0.2, 0.25) is 0 Å². The molecule has 17 heavy (non-hydrogen) atoms. The number of ether oxygens (including phenoxy) is 3. The van der Waals surface area contributed by atoms with Crippen molar-refractivity contribution >= 4 is 0 Å². The Balaban J connectivity index is 2.22. The van der Waals surface area contributed by atoms with Crippen molar-refractivity contribution in [3.8, 4) is 0 Å². The van der Waals surface area contributed by atoms with Crippen LogP contribution in [0.25, 0.3) is 0 Å². The largest absolute Gasteiger partial charge is 0.385 e. The highest BCUT2D eigenvalue weighted by molar-refractivity contribution is 4.78. The van der Waals surface area contributed by atoms with Gasteiger partial charge in [-0.05, 0) is 25.7 Å². The summed E-state index contributed by atoms with van der Waals surface area (Å²) in [6.45, 7) is 11.6. The third-order valence-electron chi connectivity index (χ3n) is 3.12. The van der Waals surface area contributed by atoms with E-state index in [2.05, 4.69) is 19.2 Å². The molecular weight excluding hydrogens is 218 g/mol. The molecule has 1 rings (SSSR count). The van der Waals surface area contributed by atoms with Crippen LogP contribution in [0.1, 0.15) is 34.1 Å². The van der Waals surface area contributed by atoms with Crippen molar-refractivity contribution in [3.63, 3.8) is 0 Å². The summed E-state index contributed by atoms with van der Waals surface area (Å²) in [5, 5.41) is 3.50. The van der Waals surface area contributed by atoms with Gasteiger partial charge in [0.25, 0.3) is 0 Å². The second-order valence-corrected chi connectivity index (χ2v) is 6.01. The first-order valence-corrected chi connectivity index (χ1v) is 6.35. The van der Waals surface area contributed by atoms with E-state index in [0.29, 0.717) is 19.3 Å². The second kappa shape index (κ2) is 6.14. The van der Waals surface area contributed by atoms with E-state index in [1.807, 2.05) is 13.8 Å². The normalized spacial score (nSPS) is 21.7. The average molecular weight is 245 g/mol. The van der Waals surface area contributed by atoms with Gasteiger partial charge < -0.3 is 19.5 Å². The fraction of sp³-hybridized carbons (Fsp3) is 1.00. The lowest BCUT2D eigenvalue weighted by Crippen LogP contribution is -2.50. The standard InChI is InChI=1S/C13H27NO3/c1-12(2,6-7-15-5)10-14-11-8-16-13(3,4)17-9-11/h11,14H,6-10H2,1-5H3. The lowest BCUT2D eigenvalue weighted by molar-refractivity contribution is -0.253. The number of hydrogen-bond donors (Lipinski definition) is 1. The molecule has 102 valence electrons. The van der Waals surface area contributed by atoms with Crippen molar-refractivity contribution in [2.45, 2.75) is 45.9 Å². The molecule has 0 spiro atoms. The molecule has 1 N–H and O–H groups in total. The Labute approximate surface area is 105 Å². The molecule has 0 saturated carbocycles. The van der Waals surface area contributed by atoms with E-state index in [0.717, 1.165) is 19.6 Å². The summed E-state index contributed by atoms with van der Waals surface area (Å²) < 4.78 is 16.3. The smallest absolute Gasteiger partial charge is 0.162 e. The molecular formula is C13H27NO3. The van der Waals surface area contributed by atoms with Gasteiger partial charge in [-0.25, -0.2) is 0 Å². The summed E-state index contributed by atoms with van der Waals surface area (Å²) in [6, 6.07) is 0.296. The van der Waals surface area contributed by atoms with Crippen LogP contribution in [0.4, 0.5) is 0 Å². The summed E-state index contributed by atoms with van der Waals surface area (Å²) in [5.74, 6) is -0.427. The van der Waals surface area contributed by atoms with Crippen molar-refractivity contribution in [1.29, 1.82) is 0 Å². The first kappa shape index (κ1) is 14.9. The quantitative estimate of drug-likeness (QED) is 0.774. The molecule has 0 aromatic carbocycles. The molecule has 1 saturated heterocycles. The Morgan fingerprint density at radius 3 is 2.41 bits per heavy atom. The molecule has 0 radical (unpaired) electrons. The van der Waals surface area contributed by atoms with Crippen LogP contribution in [0, 0.1) is 5.41 Å². The van der Waals surface area contributed by atoms with Crippen LogP contribution >= 0.6 is 0 Å². The maximum atomic E-state index is 5.61. The van der Waals surface area contributed by atoms with Crippen LogP contribution in [0.15, 0.2) is 0 Å². The molecule has 0 unspecified atom stereocenters. The highest BCUT2D eigenvalue weighted by atomic mass is 16.7. The van der Waals surface area contributed by atoms with Gasteiger partial charge in [-0.3, -0.25) is 0 Å². The van der Waals surface area contributed by atoms with Crippen LogP contribution in [0.5, 0.6) is 0 Å². The van der Waals surface area contributed by atoms with Gasteiger partial charge in [0.1, 0.15) is 0 Å². The molecule has 1 fully saturated rings. The first-order valence-electron chi connectivity index (χ1n) is 6.35. The maximum Gasteiger partial charge on any atom is 0.162 e. The Morgan fingerprint density at radius 2 is 1.88 bits per heavy atom. The third-order valence-corrected chi connectivity index (χ3v) is 3.12. The van der Waals surface area contributed by atoms with Crippen LogP contribution in [0.3, 0.4) is 0 Å². The number of nitrogens with one attached hydrogen (secondary N) is 1. The molecule has 0 aromatic rings. The van der Waals surface area contributed by atoms with Gasteiger partial charge >= 0.3 is 0 Å². The van der Waals surface area contributed by atoms with Crippen molar-refractivity contribution < 1.29 is 14.2 Å². The molecule has 4 nitrogen and oxygen atoms in total. The average Bonchev–Trinajstić information content (AvgIpc) is 2.25.